The van der Waals surface area contributed by atoms with Crippen molar-refractivity contribution in [1.29, 1.82) is 0 Å². The van der Waals surface area contributed by atoms with Gasteiger partial charge in [0.25, 0.3) is 0 Å². The Bertz CT molecular complexity index is 968. The molecule has 2 N–H and O–H groups in total. The molecule has 1 saturated heterocycles. The highest BCUT2D eigenvalue weighted by molar-refractivity contribution is 7.89. The Kier molecular flexibility index (Phi) is 8.05. The topological polar surface area (TPSA) is 70.7 Å². The van der Waals surface area contributed by atoms with Crippen molar-refractivity contribution in [2.75, 3.05) is 31.6 Å². The van der Waals surface area contributed by atoms with Gasteiger partial charge in [-0.15, -0.1) is 0 Å². The maximum Gasteiger partial charge on any atom is 0.243 e. The molecule has 2 aromatic rings. The molecule has 0 aliphatic carbocycles. The first kappa shape index (κ1) is 23.7. The summed E-state index contributed by atoms with van der Waals surface area (Å²) in [6, 6.07) is 15.3. The summed E-state index contributed by atoms with van der Waals surface area (Å²) in [5, 5.41) is 6.90. The highest BCUT2D eigenvalue weighted by atomic mass is 32.2. The summed E-state index contributed by atoms with van der Waals surface area (Å²) in [6.45, 7) is 8.11. The molecule has 0 radical (unpaired) electrons. The largest absolute Gasteiger partial charge is 0.379 e. The van der Waals surface area contributed by atoms with Crippen LogP contribution < -0.4 is 10.6 Å². The van der Waals surface area contributed by atoms with E-state index >= 15 is 0 Å². The van der Waals surface area contributed by atoms with Crippen molar-refractivity contribution in [1.82, 2.24) is 9.62 Å². The molecule has 1 atom stereocenters. The lowest BCUT2D eigenvalue weighted by atomic mass is 10.00. The Labute approximate surface area is 191 Å². The van der Waals surface area contributed by atoms with Crippen molar-refractivity contribution in [3.8, 4) is 0 Å². The predicted molar refractivity (Wildman–Crippen MR) is 129 cm³/mol. The fraction of sp³-hybridized carbons (Fsp3) is 0.435. The number of benzene rings is 2. The second kappa shape index (κ2) is 10.5. The van der Waals surface area contributed by atoms with Gasteiger partial charge in [-0.3, -0.25) is 0 Å². The fourth-order valence-electron chi connectivity index (χ4n) is 3.51. The molecule has 0 spiro atoms. The van der Waals surface area contributed by atoms with Crippen molar-refractivity contribution in [2.24, 2.45) is 5.92 Å². The zero-order valence-electron chi connectivity index (χ0n) is 18.3. The van der Waals surface area contributed by atoms with E-state index in [1.165, 1.54) is 9.87 Å². The van der Waals surface area contributed by atoms with Crippen molar-refractivity contribution in [2.45, 2.75) is 38.1 Å². The first-order valence-corrected chi connectivity index (χ1v) is 12.4. The highest BCUT2D eigenvalue weighted by Crippen LogP contribution is 2.20. The summed E-state index contributed by atoms with van der Waals surface area (Å²) in [5.74, 6) is 0.633. The number of hydrogen-bond donors (Lipinski definition) is 2. The summed E-state index contributed by atoms with van der Waals surface area (Å²) in [4.78, 5) is 0.272. The van der Waals surface area contributed by atoms with Crippen LogP contribution in [-0.2, 0) is 21.2 Å². The van der Waals surface area contributed by atoms with Gasteiger partial charge in [0.05, 0.1) is 24.2 Å². The van der Waals surface area contributed by atoms with Crippen LogP contribution in [0.3, 0.4) is 0 Å². The molecule has 0 aromatic heterocycles. The number of nitrogens with one attached hydrogen (secondary N) is 2. The van der Waals surface area contributed by atoms with E-state index in [2.05, 4.69) is 55.7 Å². The fourth-order valence-corrected chi connectivity index (χ4v) is 5.21. The summed E-state index contributed by atoms with van der Waals surface area (Å²) >= 11 is 5.44. The van der Waals surface area contributed by atoms with Crippen LogP contribution in [0.1, 0.15) is 37.9 Å². The van der Waals surface area contributed by atoms with Gasteiger partial charge in [0.2, 0.25) is 10.0 Å². The number of thiocarbonyl (C=S) groups is 1. The second-order valence-corrected chi connectivity index (χ2v) is 10.5. The van der Waals surface area contributed by atoms with Gasteiger partial charge in [-0.25, -0.2) is 8.42 Å². The Morgan fingerprint density at radius 3 is 2.23 bits per heavy atom. The monoisotopic (exact) mass is 461 g/mol. The molecule has 1 fully saturated rings. The Balaban J connectivity index is 1.56. The van der Waals surface area contributed by atoms with Gasteiger partial charge in [0.1, 0.15) is 0 Å². The van der Waals surface area contributed by atoms with Crippen LogP contribution in [0.25, 0.3) is 0 Å². The van der Waals surface area contributed by atoms with Crippen molar-refractivity contribution >= 4 is 33.0 Å². The zero-order chi connectivity index (χ0) is 22.4. The molecule has 1 heterocycles. The van der Waals surface area contributed by atoms with Gasteiger partial charge >= 0.3 is 0 Å². The average Bonchev–Trinajstić information content (AvgIpc) is 2.74. The minimum atomic E-state index is -3.50. The molecule has 8 heteroatoms. The molecule has 0 bridgehead atoms. The summed E-state index contributed by atoms with van der Waals surface area (Å²) in [5.41, 5.74) is 3.22. The first-order chi connectivity index (χ1) is 14.8. The van der Waals surface area contributed by atoms with Gasteiger partial charge in [-0.1, -0.05) is 38.1 Å². The molecule has 0 saturated carbocycles. The number of rotatable bonds is 7. The van der Waals surface area contributed by atoms with E-state index in [0.717, 1.165) is 17.7 Å². The van der Waals surface area contributed by atoms with Crippen molar-refractivity contribution < 1.29 is 13.2 Å². The molecule has 0 amide bonds. The minimum absolute atomic E-state index is 0.0501. The maximum absolute atomic E-state index is 12.7. The highest BCUT2D eigenvalue weighted by Gasteiger charge is 2.26. The van der Waals surface area contributed by atoms with E-state index in [1.54, 1.807) is 24.3 Å². The van der Waals surface area contributed by atoms with Gasteiger partial charge in [-0.2, -0.15) is 4.31 Å². The number of morpholine rings is 1. The Hall–Kier alpha value is -2.00. The average molecular weight is 462 g/mol. The number of nitrogens with zero attached hydrogens (tertiary/aromatic N) is 1. The van der Waals surface area contributed by atoms with Crippen LogP contribution in [0.15, 0.2) is 53.4 Å². The van der Waals surface area contributed by atoms with E-state index in [9.17, 15) is 8.42 Å². The summed E-state index contributed by atoms with van der Waals surface area (Å²) in [6.07, 6.45) is 1.07. The third kappa shape index (κ3) is 6.49. The van der Waals surface area contributed by atoms with Crippen LogP contribution in [0.2, 0.25) is 0 Å². The van der Waals surface area contributed by atoms with Crippen LogP contribution in [0.5, 0.6) is 0 Å². The van der Waals surface area contributed by atoms with Crippen molar-refractivity contribution in [3.63, 3.8) is 0 Å². The lowest BCUT2D eigenvalue weighted by molar-refractivity contribution is 0.0730. The Morgan fingerprint density at radius 2 is 1.65 bits per heavy atom. The quantitative estimate of drug-likeness (QED) is 0.609. The van der Waals surface area contributed by atoms with Gasteiger partial charge in [0, 0.05) is 18.8 Å². The zero-order valence-corrected chi connectivity index (χ0v) is 19.9. The van der Waals surface area contributed by atoms with E-state index in [1.807, 2.05) is 0 Å². The third-order valence-electron chi connectivity index (χ3n) is 5.19. The maximum atomic E-state index is 12.7. The first-order valence-electron chi connectivity index (χ1n) is 10.6. The summed E-state index contributed by atoms with van der Waals surface area (Å²) < 4.78 is 32.1. The van der Waals surface area contributed by atoms with E-state index in [-0.39, 0.29) is 10.9 Å². The standard InChI is InChI=1S/C23H31N3O3S2/c1-17(2)16-19-4-6-20(7-5-19)18(3)24-23(30)25-21-8-10-22(11-9-21)31(27,28)26-12-14-29-15-13-26/h4-11,17-18H,12-16H2,1-3H3,(H2,24,25,30). The lowest BCUT2D eigenvalue weighted by Gasteiger charge is -2.26. The van der Waals surface area contributed by atoms with E-state index in [0.29, 0.717) is 37.3 Å². The molecule has 168 valence electrons. The lowest BCUT2D eigenvalue weighted by Crippen LogP contribution is -2.40. The molecule has 31 heavy (non-hydrogen) atoms. The molecule has 1 unspecified atom stereocenters. The number of hydrogen-bond acceptors (Lipinski definition) is 4. The van der Waals surface area contributed by atoms with Crippen LogP contribution in [-0.4, -0.2) is 44.1 Å². The molecule has 6 nitrogen and oxygen atoms in total. The molecule has 3 rings (SSSR count). The summed E-state index contributed by atoms with van der Waals surface area (Å²) in [7, 11) is -3.50. The van der Waals surface area contributed by atoms with Gasteiger partial charge in [-0.05, 0) is 66.9 Å². The van der Waals surface area contributed by atoms with Gasteiger partial charge < -0.3 is 15.4 Å². The van der Waals surface area contributed by atoms with E-state index in [4.69, 9.17) is 17.0 Å². The molecular weight excluding hydrogens is 430 g/mol. The predicted octanol–water partition coefficient (Wildman–Crippen LogP) is 3.95. The molecule has 1 aliphatic heterocycles. The smallest absolute Gasteiger partial charge is 0.243 e. The minimum Gasteiger partial charge on any atom is -0.379 e. The Morgan fingerprint density at radius 1 is 1.03 bits per heavy atom. The van der Waals surface area contributed by atoms with Crippen LogP contribution in [0.4, 0.5) is 5.69 Å². The SMILES string of the molecule is CC(C)Cc1ccc(C(C)NC(=S)Nc2ccc(S(=O)(=O)N3CCOCC3)cc2)cc1. The van der Waals surface area contributed by atoms with Gasteiger partial charge in [0.15, 0.2) is 5.11 Å². The van der Waals surface area contributed by atoms with Crippen molar-refractivity contribution in [3.05, 3.63) is 59.7 Å². The molecular formula is C23H31N3O3S2. The molecule has 1 aliphatic rings. The normalized spacial score (nSPS) is 16.1. The number of ether oxygens (including phenoxy) is 1. The third-order valence-corrected chi connectivity index (χ3v) is 7.32. The van der Waals surface area contributed by atoms with E-state index < -0.39 is 10.0 Å². The number of anilines is 1. The number of sulfonamides is 1. The second-order valence-electron chi connectivity index (χ2n) is 8.20. The molecule has 2 aromatic carbocycles. The van der Waals surface area contributed by atoms with Crippen LogP contribution in [0, 0.1) is 5.92 Å². The van der Waals surface area contributed by atoms with Crippen LogP contribution >= 0.6 is 12.2 Å².